The topological polar surface area (TPSA) is 145 Å². The number of carbonyl (C=O) groups is 1. The van der Waals surface area contributed by atoms with Crippen molar-refractivity contribution in [2.24, 2.45) is 0 Å². The van der Waals surface area contributed by atoms with E-state index in [1.165, 1.54) is 23.7 Å². The number of aromatic nitrogens is 2. The Bertz CT molecular complexity index is 1810. The van der Waals surface area contributed by atoms with Crippen molar-refractivity contribution in [3.63, 3.8) is 0 Å². The van der Waals surface area contributed by atoms with E-state index in [1.54, 1.807) is 30.3 Å². The highest BCUT2D eigenvalue weighted by Gasteiger charge is 2.33. The first kappa shape index (κ1) is 29.7. The molecule has 1 saturated carbocycles. The molecule has 224 valence electrons. The van der Waals surface area contributed by atoms with E-state index in [2.05, 4.69) is 15.1 Å². The lowest BCUT2D eigenvalue weighted by atomic mass is 10.1. The van der Waals surface area contributed by atoms with Crippen molar-refractivity contribution in [1.82, 2.24) is 19.8 Å². The van der Waals surface area contributed by atoms with Gasteiger partial charge in [-0.1, -0.05) is 30.3 Å². The summed E-state index contributed by atoms with van der Waals surface area (Å²) >= 11 is 0. The third-order valence-corrected chi connectivity index (χ3v) is 8.07. The number of carbonyl (C=O) groups excluding carboxylic acids is 1. The molecule has 3 aromatic carbocycles. The number of halogens is 3. The Hall–Kier alpha value is -4.76. The van der Waals surface area contributed by atoms with E-state index in [9.17, 15) is 36.5 Å². The molecular weight excluding hydrogens is 591 g/mol. The van der Waals surface area contributed by atoms with Crippen LogP contribution in [0.15, 0.2) is 77.7 Å². The lowest BCUT2D eigenvalue weighted by Crippen LogP contribution is -2.26. The molecule has 0 bridgehead atoms. The number of sulfonamides is 1. The van der Waals surface area contributed by atoms with Crippen LogP contribution >= 0.6 is 0 Å². The normalized spacial score (nSPS) is 13.5. The van der Waals surface area contributed by atoms with Crippen LogP contribution in [0.25, 0.3) is 5.69 Å². The molecule has 1 aromatic heterocycles. The molecule has 0 radical (unpaired) electrons. The number of nitrogens with one attached hydrogen (secondary N) is 2. The SMILES string of the molecule is Cc1c(C(=O)NCc2cccc(C(F)(F)F)c2)nn(-c2ccccc2)c1Oc1ccc([N+](=O)[O-])cc1S(=O)(=O)NC1CC1. The molecule has 1 amide bonds. The first-order valence-corrected chi connectivity index (χ1v) is 14.4. The maximum atomic E-state index is 13.2. The monoisotopic (exact) mass is 615 g/mol. The number of non-ortho nitro benzene ring substituents is 1. The minimum atomic E-state index is -4.55. The Balaban J connectivity index is 1.51. The van der Waals surface area contributed by atoms with Crippen molar-refractivity contribution in [3.8, 4) is 17.3 Å². The third-order valence-electron chi connectivity index (χ3n) is 6.53. The van der Waals surface area contributed by atoms with Crippen molar-refractivity contribution < 1.29 is 36.0 Å². The lowest BCUT2D eigenvalue weighted by molar-refractivity contribution is -0.385. The number of nitro groups is 1. The smallest absolute Gasteiger partial charge is 0.416 e. The van der Waals surface area contributed by atoms with Gasteiger partial charge in [0.1, 0.15) is 10.6 Å². The molecule has 0 aliphatic heterocycles. The molecule has 1 aliphatic carbocycles. The molecular formula is C28H24F3N5O6S. The number of ether oxygens (including phenoxy) is 1. The van der Waals surface area contributed by atoms with E-state index in [-0.39, 0.29) is 41.0 Å². The van der Waals surface area contributed by atoms with E-state index in [0.29, 0.717) is 18.5 Å². The second-order valence-electron chi connectivity index (χ2n) is 9.79. The summed E-state index contributed by atoms with van der Waals surface area (Å²) in [5.74, 6) is -1.01. The van der Waals surface area contributed by atoms with Gasteiger partial charge in [-0.25, -0.2) is 13.1 Å². The molecule has 0 saturated heterocycles. The number of para-hydroxylation sites is 1. The van der Waals surface area contributed by atoms with Gasteiger partial charge in [0.05, 0.1) is 16.2 Å². The van der Waals surface area contributed by atoms with Crippen LogP contribution < -0.4 is 14.8 Å². The highest BCUT2D eigenvalue weighted by atomic mass is 32.2. The van der Waals surface area contributed by atoms with Crippen LogP contribution in [-0.4, -0.2) is 35.1 Å². The average molecular weight is 616 g/mol. The molecule has 15 heteroatoms. The quantitative estimate of drug-likeness (QED) is 0.183. The second kappa shape index (κ2) is 11.5. The van der Waals surface area contributed by atoms with Gasteiger partial charge in [0.15, 0.2) is 5.69 Å². The summed E-state index contributed by atoms with van der Waals surface area (Å²) in [6.45, 7) is 1.27. The number of nitro benzene ring substituents is 1. The number of rotatable bonds is 10. The van der Waals surface area contributed by atoms with Crippen LogP contribution in [-0.2, 0) is 22.7 Å². The molecule has 0 spiro atoms. The zero-order valence-electron chi connectivity index (χ0n) is 22.5. The Labute approximate surface area is 243 Å². The van der Waals surface area contributed by atoms with E-state index in [1.807, 2.05) is 0 Å². The molecule has 2 N–H and O–H groups in total. The van der Waals surface area contributed by atoms with Crippen molar-refractivity contribution in [2.45, 2.75) is 43.4 Å². The molecule has 5 rings (SSSR count). The summed E-state index contributed by atoms with van der Waals surface area (Å²) in [4.78, 5) is 23.4. The van der Waals surface area contributed by atoms with Gasteiger partial charge in [0.2, 0.25) is 15.9 Å². The first-order valence-electron chi connectivity index (χ1n) is 12.9. The van der Waals surface area contributed by atoms with Crippen LogP contribution in [0.1, 0.15) is 40.0 Å². The van der Waals surface area contributed by atoms with Crippen LogP contribution in [0.2, 0.25) is 0 Å². The number of nitrogens with zero attached hydrogens (tertiary/aromatic N) is 3. The van der Waals surface area contributed by atoms with E-state index < -0.39 is 43.2 Å². The van der Waals surface area contributed by atoms with Crippen LogP contribution in [0.3, 0.4) is 0 Å². The summed E-state index contributed by atoms with van der Waals surface area (Å²) in [6.07, 6.45) is -3.29. The number of hydrogen-bond acceptors (Lipinski definition) is 7. The second-order valence-corrected chi connectivity index (χ2v) is 11.5. The largest absolute Gasteiger partial charge is 0.437 e. The summed E-state index contributed by atoms with van der Waals surface area (Å²) in [5, 5.41) is 18.3. The Morgan fingerprint density at radius 3 is 2.47 bits per heavy atom. The minimum absolute atomic E-state index is 0.0489. The fraction of sp³-hybridized carbons (Fsp3) is 0.214. The van der Waals surface area contributed by atoms with Gasteiger partial charge < -0.3 is 10.1 Å². The van der Waals surface area contributed by atoms with Gasteiger partial charge in [-0.3, -0.25) is 14.9 Å². The number of amides is 1. The number of benzene rings is 3. The Morgan fingerprint density at radius 2 is 1.81 bits per heavy atom. The van der Waals surface area contributed by atoms with Gasteiger partial charge >= 0.3 is 6.18 Å². The fourth-order valence-electron chi connectivity index (χ4n) is 4.18. The fourth-order valence-corrected chi connectivity index (χ4v) is 5.63. The lowest BCUT2D eigenvalue weighted by Gasteiger charge is -2.14. The molecule has 43 heavy (non-hydrogen) atoms. The van der Waals surface area contributed by atoms with Crippen molar-refractivity contribution >= 4 is 21.6 Å². The van der Waals surface area contributed by atoms with E-state index in [0.717, 1.165) is 30.3 Å². The summed E-state index contributed by atoms with van der Waals surface area (Å²) in [6, 6.07) is 15.8. The van der Waals surface area contributed by atoms with Crippen LogP contribution in [0, 0.1) is 17.0 Å². The minimum Gasteiger partial charge on any atom is -0.437 e. The molecule has 0 atom stereocenters. The maximum Gasteiger partial charge on any atom is 0.416 e. The van der Waals surface area contributed by atoms with Gasteiger partial charge in [0.25, 0.3) is 11.6 Å². The predicted molar refractivity (Wildman–Crippen MR) is 147 cm³/mol. The zero-order valence-corrected chi connectivity index (χ0v) is 23.3. The highest BCUT2D eigenvalue weighted by molar-refractivity contribution is 7.89. The predicted octanol–water partition coefficient (Wildman–Crippen LogP) is 5.27. The molecule has 4 aromatic rings. The Morgan fingerprint density at radius 1 is 1.09 bits per heavy atom. The number of hydrogen-bond donors (Lipinski definition) is 2. The summed E-state index contributed by atoms with van der Waals surface area (Å²) in [7, 11) is -4.23. The molecule has 1 aliphatic rings. The van der Waals surface area contributed by atoms with Gasteiger partial charge in [-0.2, -0.15) is 23.0 Å². The van der Waals surface area contributed by atoms with Gasteiger partial charge in [0, 0.05) is 30.3 Å². The average Bonchev–Trinajstić information content (AvgIpc) is 3.72. The molecule has 1 fully saturated rings. The van der Waals surface area contributed by atoms with Gasteiger partial charge in [-0.05, 0) is 55.7 Å². The van der Waals surface area contributed by atoms with E-state index >= 15 is 0 Å². The van der Waals surface area contributed by atoms with E-state index in [4.69, 9.17) is 4.74 Å². The standard InChI is InChI=1S/C28H24F3N5O6S/c1-17-25(26(37)32-16-18-6-5-7-19(14-18)28(29,30)31)33-35(21-8-3-2-4-9-21)27(17)42-23-13-12-22(36(38)39)15-24(23)43(40,41)34-20-10-11-20/h2-9,12-15,20,34H,10-11,16H2,1H3,(H,32,37). The zero-order chi connectivity index (χ0) is 30.9. The first-order chi connectivity index (χ1) is 20.3. The van der Waals surface area contributed by atoms with Crippen molar-refractivity contribution in [1.29, 1.82) is 0 Å². The Kier molecular flexibility index (Phi) is 7.94. The highest BCUT2D eigenvalue weighted by Crippen LogP contribution is 2.36. The summed E-state index contributed by atoms with van der Waals surface area (Å²) < 4.78 is 75.4. The summed E-state index contributed by atoms with van der Waals surface area (Å²) in [5.41, 5.74) is -0.616. The molecule has 0 unspecified atom stereocenters. The molecule has 1 heterocycles. The number of alkyl halides is 3. The van der Waals surface area contributed by atoms with Crippen molar-refractivity contribution in [2.75, 3.05) is 0 Å². The van der Waals surface area contributed by atoms with Crippen molar-refractivity contribution in [3.05, 3.63) is 105 Å². The van der Waals surface area contributed by atoms with Crippen LogP contribution in [0.4, 0.5) is 18.9 Å². The van der Waals surface area contributed by atoms with Gasteiger partial charge in [-0.15, -0.1) is 0 Å². The maximum absolute atomic E-state index is 13.2. The third kappa shape index (κ3) is 6.67. The molecule has 11 nitrogen and oxygen atoms in total. The van der Waals surface area contributed by atoms with Crippen LogP contribution in [0.5, 0.6) is 11.6 Å².